The minimum atomic E-state index is -0.888. The Morgan fingerprint density at radius 3 is 2.73 bits per heavy atom. The first kappa shape index (κ1) is 22.8. The molecule has 2 aromatic rings. The van der Waals surface area contributed by atoms with E-state index in [1.165, 1.54) is 6.20 Å². The van der Waals surface area contributed by atoms with Crippen molar-refractivity contribution in [3.05, 3.63) is 56.8 Å². The van der Waals surface area contributed by atoms with Crippen LogP contribution in [-0.2, 0) is 11.2 Å². The van der Waals surface area contributed by atoms with Crippen molar-refractivity contribution >= 4 is 33.6 Å². The predicted octanol–water partition coefficient (Wildman–Crippen LogP) is 5.46. The molecule has 0 bridgehead atoms. The fourth-order valence-corrected chi connectivity index (χ4v) is 4.34. The second kappa shape index (κ2) is 9.12. The van der Waals surface area contributed by atoms with E-state index in [4.69, 9.17) is 21.1 Å². The molecule has 0 spiro atoms. The molecule has 0 saturated heterocycles. The summed E-state index contributed by atoms with van der Waals surface area (Å²) in [5, 5.41) is 10.9. The van der Waals surface area contributed by atoms with Crippen LogP contribution in [0.15, 0.2) is 34.9 Å². The van der Waals surface area contributed by atoms with Crippen LogP contribution in [0.5, 0.6) is 5.75 Å². The van der Waals surface area contributed by atoms with Gasteiger partial charge in [-0.15, -0.1) is 0 Å². The third-order valence-electron chi connectivity index (χ3n) is 4.86. The Balaban J connectivity index is 1.75. The van der Waals surface area contributed by atoms with Gasteiger partial charge >= 0.3 is 6.09 Å². The number of fused-ring (bicyclic) bond motifs is 1. The summed E-state index contributed by atoms with van der Waals surface area (Å²) in [6, 6.07) is 7.05. The molecule has 162 valence electrons. The average molecular weight is 498 g/mol. The summed E-state index contributed by atoms with van der Waals surface area (Å²) in [4.78, 5) is 18.5. The number of benzene rings is 1. The molecule has 2 unspecified atom stereocenters. The number of aromatic nitrogens is 1. The van der Waals surface area contributed by atoms with Crippen molar-refractivity contribution in [1.29, 1.82) is 0 Å². The lowest BCUT2D eigenvalue weighted by molar-refractivity contribution is 0.0158. The fourth-order valence-electron chi connectivity index (χ4n) is 3.39. The van der Waals surface area contributed by atoms with Crippen LogP contribution in [0.4, 0.5) is 4.79 Å². The largest absolute Gasteiger partial charge is 0.489 e. The standard InChI is InChI=1S/C22H26BrClN2O4/c1-13-19-14(9-10-26(13)21(28)30-22(2,3)4)5-8-18(20(19)23)29-12-17(27)16-7-6-15(24)11-25-16/h5-8,11,13,17,27H,9-10,12H2,1-4H3. The van der Waals surface area contributed by atoms with Crippen LogP contribution in [0, 0.1) is 0 Å². The lowest BCUT2D eigenvalue weighted by atomic mass is 9.93. The number of hydrogen-bond acceptors (Lipinski definition) is 5. The predicted molar refractivity (Wildman–Crippen MR) is 119 cm³/mol. The number of amides is 1. The van der Waals surface area contributed by atoms with E-state index in [1.807, 2.05) is 39.8 Å². The number of pyridine rings is 1. The van der Waals surface area contributed by atoms with Gasteiger partial charge < -0.3 is 19.5 Å². The quantitative estimate of drug-likeness (QED) is 0.607. The molecule has 2 heterocycles. The maximum atomic E-state index is 12.6. The number of nitrogens with zero attached hydrogens (tertiary/aromatic N) is 2. The van der Waals surface area contributed by atoms with Crippen LogP contribution in [0.25, 0.3) is 0 Å². The second-order valence-electron chi connectivity index (χ2n) is 8.28. The molecular formula is C22H26BrClN2O4. The summed E-state index contributed by atoms with van der Waals surface area (Å²) in [5.41, 5.74) is 2.08. The molecular weight excluding hydrogens is 472 g/mol. The molecule has 1 aromatic carbocycles. The first-order chi connectivity index (χ1) is 14.1. The molecule has 3 rings (SSSR count). The number of rotatable bonds is 4. The van der Waals surface area contributed by atoms with Gasteiger partial charge in [-0.05, 0) is 79.4 Å². The number of hydrogen-bond donors (Lipinski definition) is 1. The molecule has 1 aromatic heterocycles. The summed E-state index contributed by atoms with van der Waals surface area (Å²) in [7, 11) is 0. The molecule has 1 amide bonds. The van der Waals surface area contributed by atoms with Gasteiger partial charge in [-0.25, -0.2) is 4.79 Å². The van der Waals surface area contributed by atoms with Crippen LogP contribution in [-0.4, -0.2) is 39.8 Å². The summed E-state index contributed by atoms with van der Waals surface area (Å²) >= 11 is 9.48. The highest BCUT2D eigenvalue weighted by atomic mass is 79.9. The van der Waals surface area contributed by atoms with Gasteiger partial charge in [0.15, 0.2) is 0 Å². The van der Waals surface area contributed by atoms with Crippen molar-refractivity contribution in [2.24, 2.45) is 0 Å². The Hall–Kier alpha value is -1.83. The number of halogens is 2. The van der Waals surface area contributed by atoms with Gasteiger partial charge in [0.1, 0.15) is 24.1 Å². The highest BCUT2D eigenvalue weighted by Gasteiger charge is 2.33. The van der Waals surface area contributed by atoms with Gasteiger partial charge in [0.2, 0.25) is 0 Å². The van der Waals surface area contributed by atoms with Crippen LogP contribution in [0.1, 0.15) is 56.7 Å². The first-order valence-electron chi connectivity index (χ1n) is 9.80. The molecule has 6 nitrogen and oxygen atoms in total. The molecule has 1 aliphatic heterocycles. The molecule has 0 saturated carbocycles. The van der Waals surface area contributed by atoms with Gasteiger partial charge in [-0.1, -0.05) is 17.7 Å². The molecule has 0 aliphatic carbocycles. The van der Waals surface area contributed by atoms with Crippen molar-refractivity contribution in [3.8, 4) is 5.75 Å². The zero-order valence-electron chi connectivity index (χ0n) is 17.5. The van der Waals surface area contributed by atoms with E-state index in [2.05, 4.69) is 20.9 Å². The van der Waals surface area contributed by atoms with Crippen LogP contribution < -0.4 is 4.74 Å². The number of carbonyl (C=O) groups is 1. The fraction of sp³-hybridized carbons (Fsp3) is 0.455. The lowest BCUT2D eigenvalue weighted by Gasteiger charge is -2.37. The SMILES string of the molecule is CC1c2c(ccc(OCC(O)c3ccc(Cl)cn3)c2Br)CCN1C(=O)OC(C)(C)C. The maximum Gasteiger partial charge on any atom is 0.410 e. The molecule has 1 N–H and O–H groups in total. The Morgan fingerprint density at radius 1 is 1.37 bits per heavy atom. The topological polar surface area (TPSA) is 71.9 Å². The Morgan fingerprint density at radius 2 is 2.10 bits per heavy atom. The Bertz CT molecular complexity index is 915. The third-order valence-corrected chi connectivity index (χ3v) is 5.90. The highest BCUT2D eigenvalue weighted by molar-refractivity contribution is 9.10. The number of carbonyl (C=O) groups excluding carboxylic acids is 1. The molecule has 1 aliphatic rings. The van der Waals surface area contributed by atoms with Crippen LogP contribution in [0.3, 0.4) is 0 Å². The van der Waals surface area contributed by atoms with E-state index in [9.17, 15) is 9.90 Å². The molecule has 30 heavy (non-hydrogen) atoms. The van der Waals surface area contributed by atoms with E-state index >= 15 is 0 Å². The summed E-state index contributed by atoms with van der Waals surface area (Å²) in [6.45, 7) is 8.18. The monoisotopic (exact) mass is 496 g/mol. The molecule has 2 atom stereocenters. The number of ether oxygens (including phenoxy) is 2. The summed E-state index contributed by atoms with van der Waals surface area (Å²) in [6.07, 6.45) is 1.00. The average Bonchev–Trinajstić information content (AvgIpc) is 2.66. The van der Waals surface area contributed by atoms with Crippen molar-refractivity contribution in [3.63, 3.8) is 0 Å². The lowest BCUT2D eigenvalue weighted by Crippen LogP contribution is -2.42. The summed E-state index contributed by atoms with van der Waals surface area (Å²) in [5.74, 6) is 0.597. The smallest absolute Gasteiger partial charge is 0.410 e. The Labute approximate surface area is 190 Å². The zero-order chi connectivity index (χ0) is 22.1. The maximum absolute atomic E-state index is 12.6. The van der Waals surface area contributed by atoms with Crippen LogP contribution in [0.2, 0.25) is 5.02 Å². The van der Waals surface area contributed by atoms with Gasteiger partial charge in [-0.2, -0.15) is 0 Å². The second-order valence-corrected chi connectivity index (χ2v) is 9.51. The minimum Gasteiger partial charge on any atom is -0.489 e. The van der Waals surface area contributed by atoms with E-state index in [0.717, 1.165) is 22.0 Å². The van der Waals surface area contributed by atoms with Gasteiger partial charge in [0.25, 0.3) is 0 Å². The van der Waals surface area contributed by atoms with Crippen molar-refractivity contribution in [2.45, 2.75) is 51.9 Å². The van der Waals surface area contributed by atoms with E-state index in [0.29, 0.717) is 23.0 Å². The minimum absolute atomic E-state index is 0.0379. The van der Waals surface area contributed by atoms with Gasteiger partial charge in [-0.3, -0.25) is 4.98 Å². The van der Waals surface area contributed by atoms with Crippen LogP contribution >= 0.6 is 27.5 Å². The first-order valence-corrected chi connectivity index (χ1v) is 11.0. The zero-order valence-corrected chi connectivity index (χ0v) is 19.8. The molecule has 0 radical (unpaired) electrons. The van der Waals surface area contributed by atoms with Crippen molar-refractivity contribution in [1.82, 2.24) is 9.88 Å². The van der Waals surface area contributed by atoms with E-state index < -0.39 is 11.7 Å². The van der Waals surface area contributed by atoms with E-state index in [-0.39, 0.29) is 18.7 Å². The summed E-state index contributed by atoms with van der Waals surface area (Å²) < 4.78 is 12.2. The number of aliphatic hydroxyl groups excluding tert-OH is 1. The Kier molecular flexibility index (Phi) is 6.95. The van der Waals surface area contributed by atoms with Crippen molar-refractivity contribution < 1.29 is 19.4 Å². The van der Waals surface area contributed by atoms with Crippen molar-refractivity contribution in [2.75, 3.05) is 13.2 Å². The molecule has 0 fully saturated rings. The normalized spacial score (nSPS) is 17.3. The van der Waals surface area contributed by atoms with Gasteiger partial charge in [0.05, 0.1) is 21.2 Å². The number of aliphatic hydroxyl groups is 1. The molecule has 8 heteroatoms. The third kappa shape index (κ3) is 5.25. The highest BCUT2D eigenvalue weighted by Crippen LogP contribution is 2.40. The van der Waals surface area contributed by atoms with E-state index in [1.54, 1.807) is 17.0 Å². The van der Waals surface area contributed by atoms with Gasteiger partial charge in [0, 0.05) is 12.7 Å².